The van der Waals surface area contributed by atoms with Crippen molar-refractivity contribution in [3.8, 4) is 5.69 Å². The number of hydrogen-bond donors (Lipinski definition) is 0. The first-order valence-corrected chi connectivity index (χ1v) is 4.94. The Morgan fingerprint density at radius 1 is 1.00 bits per heavy atom. The maximum atomic E-state index is 4.30. The molecule has 2 aromatic rings. The molecule has 0 atom stereocenters. The van der Waals surface area contributed by atoms with Gasteiger partial charge in [-0.25, -0.2) is 4.68 Å². The molecule has 82 valence electrons. The van der Waals surface area contributed by atoms with Gasteiger partial charge in [0.15, 0.2) is 0 Å². The lowest BCUT2D eigenvalue weighted by atomic mass is 10.3. The van der Waals surface area contributed by atoms with Crippen LogP contribution in [0.4, 0.5) is 0 Å². The SMILES string of the molecule is C.CC.Cc1ccn(-c2ccccc2)n1. The van der Waals surface area contributed by atoms with E-state index in [0.29, 0.717) is 0 Å². The van der Waals surface area contributed by atoms with Gasteiger partial charge in [0, 0.05) is 6.20 Å². The number of hydrogen-bond acceptors (Lipinski definition) is 1. The molecule has 0 N–H and O–H groups in total. The lowest BCUT2D eigenvalue weighted by Gasteiger charge is -1.98. The van der Waals surface area contributed by atoms with Crippen molar-refractivity contribution in [2.24, 2.45) is 0 Å². The van der Waals surface area contributed by atoms with Gasteiger partial charge in [-0.3, -0.25) is 0 Å². The fourth-order valence-corrected chi connectivity index (χ4v) is 1.14. The van der Waals surface area contributed by atoms with Crippen LogP contribution in [-0.4, -0.2) is 9.78 Å². The smallest absolute Gasteiger partial charge is 0.0645 e. The van der Waals surface area contributed by atoms with Crippen molar-refractivity contribution < 1.29 is 0 Å². The summed E-state index contributed by atoms with van der Waals surface area (Å²) in [5, 5.41) is 4.30. The Morgan fingerprint density at radius 2 is 1.60 bits per heavy atom. The largest absolute Gasteiger partial charge is 0.241 e. The molecule has 0 aliphatic carbocycles. The van der Waals surface area contributed by atoms with Gasteiger partial charge in [-0.05, 0) is 25.1 Å². The Balaban J connectivity index is 0.000000617. The molecule has 0 unspecified atom stereocenters. The van der Waals surface area contributed by atoms with Crippen LogP contribution in [0, 0.1) is 6.92 Å². The zero-order valence-electron chi connectivity index (χ0n) is 8.94. The van der Waals surface area contributed by atoms with Crippen molar-refractivity contribution in [1.82, 2.24) is 9.78 Å². The summed E-state index contributed by atoms with van der Waals surface area (Å²) < 4.78 is 1.87. The minimum atomic E-state index is 0. The van der Waals surface area contributed by atoms with Crippen molar-refractivity contribution in [2.75, 3.05) is 0 Å². The zero-order chi connectivity index (χ0) is 10.4. The van der Waals surface area contributed by atoms with Gasteiger partial charge in [0.05, 0.1) is 11.4 Å². The quantitative estimate of drug-likeness (QED) is 0.690. The van der Waals surface area contributed by atoms with Gasteiger partial charge < -0.3 is 0 Å². The molecule has 0 saturated carbocycles. The normalized spacial score (nSPS) is 8.47. The topological polar surface area (TPSA) is 17.8 Å². The molecule has 0 aliphatic heterocycles. The lowest BCUT2D eigenvalue weighted by Crippen LogP contribution is -1.93. The summed E-state index contributed by atoms with van der Waals surface area (Å²) in [6.45, 7) is 5.99. The summed E-state index contributed by atoms with van der Waals surface area (Å²) in [6.07, 6.45) is 1.96. The van der Waals surface area contributed by atoms with Crippen molar-refractivity contribution >= 4 is 0 Å². The second-order valence-electron chi connectivity index (χ2n) is 2.74. The molecular formula is C13H20N2. The van der Waals surface area contributed by atoms with Gasteiger partial charge in [0.2, 0.25) is 0 Å². The maximum Gasteiger partial charge on any atom is 0.0645 e. The molecule has 0 bridgehead atoms. The van der Waals surface area contributed by atoms with Gasteiger partial charge in [0.25, 0.3) is 0 Å². The van der Waals surface area contributed by atoms with Crippen molar-refractivity contribution in [2.45, 2.75) is 28.2 Å². The molecule has 0 radical (unpaired) electrons. The minimum absolute atomic E-state index is 0. The third-order valence-electron chi connectivity index (χ3n) is 1.74. The molecule has 1 aromatic heterocycles. The molecule has 2 rings (SSSR count). The van der Waals surface area contributed by atoms with Gasteiger partial charge in [-0.2, -0.15) is 5.10 Å². The third-order valence-corrected chi connectivity index (χ3v) is 1.74. The van der Waals surface area contributed by atoms with E-state index in [1.165, 1.54) is 0 Å². The van der Waals surface area contributed by atoms with E-state index in [1.54, 1.807) is 0 Å². The summed E-state index contributed by atoms with van der Waals surface area (Å²) in [5.74, 6) is 0. The van der Waals surface area contributed by atoms with Crippen LogP contribution in [0.2, 0.25) is 0 Å². The zero-order valence-corrected chi connectivity index (χ0v) is 8.94. The number of para-hydroxylation sites is 1. The molecule has 0 saturated heterocycles. The Hall–Kier alpha value is -1.57. The molecule has 0 spiro atoms. The fraction of sp³-hybridized carbons (Fsp3) is 0.308. The van der Waals surface area contributed by atoms with Crippen LogP contribution in [0.15, 0.2) is 42.6 Å². The summed E-state index contributed by atoms with van der Waals surface area (Å²) in [5.41, 5.74) is 2.14. The summed E-state index contributed by atoms with van der Waals surface area (Å²) in [6, 6.07) is 12.1. The highest BCUT2D eigenvalue weighted by Gasteiger charge is 1.94. The number of aryl methyl sites for hydroxylation is 1. The first-order valence-electron chi connectivity index (χ1n) is 4.94. The number of rotatable bonds is 1. The van der Waals surface area contributed by atoms with E-state index < -0.39 is 0 Å². The molecular weight excluding hydrogens is 184 g/mol. The Bertz CT molecular complexity index is 363. The lowest BCUT2D eigenvalue weighted by molar-refractivity contribution is 0.863. The minimum Gasteiger partial charge on any atom is -0.241 e. The maximum absolute atomic E-state index is 4.30. The van der Waals surface area contributed by atoms with E-state index in [2.05, 4.69) is 5.10 Å². The van der Waals surface area contributed by atoms with E-state index in [0.717, 1.165) is 11.4 Å². The van der Waals surface area contributed by atoms with Gasteiger partial charge in [0.1, 0.15) is 0 Å². The Morgan fingerprint density at radius 3 is 2.07 bits per heavy atom. The standard InChI is InChI=1S/C10H10N2.C2H6.CH4/c1-9-7-8-12(11-9)10-5-3-2-4-6-10;1-2;/h2-8H,1H3;1-2H3;1H4. The highest BCUT2D eigenvalue weighted by molar-refractivity contribution is 5.30. The summed E-state index contributed by atoms with van der Waals surface area (Å²) in [4.78, 5) is 0. The molecule has 15 heavy (non-hydrogen) atoms. The Kier molecular flexibility index (Phi) is 6.11. The molecule has 2 nitrogen and oxygen atoms in total. The van der Waals surface area contributed by atoms with E-state index in [4.69, 9.17) is 0 Å². The molecule has 1 heterocycles. The van der Waals surface area contributed by atoms with Crippen LogP contribution >= 0.6 is 0 Å². The van der Waals surface area contributed by atoms with Gasteiger partial charge >= 0.3 is 0 Å². The van der Waals surface area contributed by atoms with Crippen LogP contribution in [0.5, 0.6) is 0 Å². The average molecular weight is 204 g/mol. The molecule has 0 amide bonds. The molecule has 2 heteroatoms. The van der Waals surface area contributed by atoms with Crippen LogP contribution in [0.25, 0.3) is 5.69 Å². The van der Waals surface area contributed by atoms with Crippen LogP contribution in [0.1, 0.15) is 27.0 Å². The Labute approximate surface area is 92.6 Å². The first kappa shape index (κ1) is 13.4. The van der Waals surface area contributed by atoms with Gasteiger partial charge in [-0.15, -0.1) is 0 Å². The van der Waals surface area contributed by atoms with E-state index in [9.17, 15) is 0 Å². The van der Waals surface area contributed by atoms with E-state index in [1.807, 2.05) is 68.0 Å². The second-order valence-corrected chi connectivity index (χ2v) is 2.74. The number of nitrogens with zero attached hydrogens (tertiary/aromatic N) is 2. The first-order chi connectivity index (χ1) is 6.86. The molecule has 1 aromatic carbocycles. The van der Waals surface area contributed by atoms with Crippen LogP contribution in [-0.2, 0) is 0 Å². The predicted molar refractivity (Wildman–Crippen MR) is 66.4 cm³/mol. The van der Waals surface area contributed by atoms with E-state index in [-0.39, 0.29) is 7.43 Å². The number of aromatic nitrogens is 2. The molecule has 0 fully saturated rings. The van der Waals surface area contributed by atoms with Crippen molar-refractivity contribution in [1.29, 1.82) is 0 Å². The highest BCUT2D eigenvalue weighted by Crippen LogP contribution is 2.05. The van der Waals surface area contributed by atoms with E-state index >= 15 is 0 Å². The average Bonchev–Trinajstić information content (AvgIpc) is 2.69. The van der Waals surface area contributed by atoms with Gasteiger partial charge in [-0.1, -0.05) is 39.5 Å². The fourth-order valence-electron chi connectivity index (χ4n) is 1.14. The predicted octanol–water partition coefficient (Wildman–Crippen LogP) is 3.84. The van der Waals surface area contributed by atoms with Crippen LogP contribution < -0.4 is 0 Å². The highest BCUT2D eigenvalue weighted by atomic mass is 15.3. The summed E-state index contributed by atoms with van der Waals surface area (Å²) in [7, 11) is 0. The van der Waals surface area contributed by atoms with Crippen molar-refractivity contribution in [3.05, 3.63) is 48.3 Å². The monoisotopic (exact) mass is 204 g/mol. The second kappa shape index (κ2) is 6.82. The summed E-state index contributed by atoms with van der Waals surface area (Å²) >= 11 is 0. The van der Waals surface area contributed by atoms with Crippen LogP contribution in [0.3, 0.4) is 0 Å². The third kappa shape index (κ3) is 3.58. The van der Waals surface area contributed by atoms with Crippen molar-refractivity contribution in [3.63, 3.8) is 0 Å². The molecule has 0 aliphatic rings. The number of benzene rings is 1.